The third-order valence-electron chi connectivity index (χ3n) is 2.15. The Labute approximate surface area is 104 Å². The van der Waals surface area contributed by atoms with Gasteiger partial charge in [0.2, 0.25) is 0 Å². The first-order valence-electron chi connectivity index (χ1n) is 5.12. The van der Waals surface area contributed by atoms with Crippen molar-refractivity contribution in [3.8, 4) is 5.75 Å². The van der Waals surface area contributed by atoms with Gasteiger partial charge in [-0.1, -0.05) is 23.7 Å². The number of ether oxygens (including phenoxy) is 1. The van der Waals surface area contributed by atoms with Crippen LogP contribution in [0.4, 0.5) is 5.69 Å². The maximum absolute atomic E-state index is 5.83. The van der Waals surface area contributed by atoms with Crippen molar-refractivity contribution in [2.45, 2.75) is 13.5 Å². The summed E-state index contributed by atoms with van der Waals surface area (Å²) in [5.41, 5.74) is 7.15. The van der Waals surface area contributed by atoms with Gasteiger partial charge < -0.3 is 10.5 Å². The molecule has 0 saturated heterocycles. The quantitative estimate of drug-likeness (QED) is 0.671. The van der Waals surface area contributed by atoms with E-state index in [0.29, 0.717) is 22.4 Å². The number of hydrogen-bond donors (Lipinski definition) is 1. The van der Waals surface area contributed by atoms with Gasteiger partial charge >= 0.3 is 0 Å². The molecular formula is C12H12ClN3O. The SMILES string of the molecule is Cc1cc(Cl)nc(COc2ccccc2N)n1. The van der Waals surface area contributed by atoms with Crippen LogP contribution in [0.1, 0.15) is 11.5 Å². The van der Waals surface area contributed by atoms with Crippen LogP contribution in [-0.4, -0.2) is 9.97 Å². The van der Waals surface area contributed by atoms with Crippen LogP contribution in [0.15, 0.2) is 30.3 Å². The molecule has 5 heteroatoms. The third kappa shape index (κ3) is 3.07. The molecule has 1 aromatic carbocycles. The van der Waals surface area contributed by atoms with Crippen LogP contribution in [-0.2, 0) is 6.61 Å². The number of hydrogen-bond acceptors (Lipinski definition) is 4. The Hall–Kier alpha value is -1.81. The molecule has 2 rings (SSSR count). The third-order valence-corrected chi connectivity index (χ3v) is 2.34. The van der Waals surface area contributed by atoms with Crippen molar-refractivity contribution in [2.24, 2.45) is 0 Å². The van der Waals surface area contributed by atoms with Gasteiger partial charge in [-0.2, -0.15) is 0 Å². The minimum absolute atomic E-state index is 0.246. The fourth-order valence-corrected chi connectivity index (χ4v) is 1.66. The maximum atomic E-state index is 5.83. The Morgan fingerprint density at radius 3 is 2.76 bits per heavy atom. The first-order valence-corrected chi connectivity index (χ1v) is 5.50. The number of nitrogens with zero attached hydrogens (tertiary/aromatic N) is 2. The van der Waals surface area contributed by atoms with Crippen LogP contribution in [0.25, 0.3) is 0 Å². The van der Waals surface area contributed by atoms with E-state index in [4.69, 9.17) is 22.1 Å². The highest BCUT2D eigenvalue weighted by Gasteiger charge is 2.03. The number of para-hydroxylation sites is 2. The normalized spacial score (nSPS) is 10.2. The van der Waals surface area contributed by atoms with Crippen LogP contribution in [0.5, 0.6) is 5.75 Å². The second-order valence-corrected chi connectivity index (χ2v) is 3.96. The molecule has 4 nitrogen and oxygen atoms in total. The van der Waals surface area contributed by atoms with Crippen molar-refractivity contribution in [3.05, 3.63) is 47.0 Å². The van der Waals surface area contributed by atoms with E-state index in [1.165, 1.54) is 0 Å². The second-order valence-electron chi connectivity index (χ2n) is 3.57. The van der Waals surface area contributed by atoms with E-state index in [-0.39, 0.29) is 6.61 Å². The molecule has 1 heterocycles. The number of aryl methyl sites for hydroxylation is 1. The van der Waals surface area contributed by atoms with E-state index < -0.39 is 0 Å². The molecule has 0 atom stereocenters. The summed E-state index contributed by atoms with van der Waals surface area (Å²) in [5.74, 6) is 1.16. The van der Waals surface area contributed by atoms with Gasteiger partial charge in [-0.15, -0.1) is 0 Å². The Bertz CT molecular complexity index is 511. The van der Waals surface area contributed by atoms with E-state index in [1.807, 2.05) is 19.1 Å². The average Bonchev–Trinajstić information content (AvgIpc) is 2.27. The van der Waals surface area contributed by atoms with Crippen LogP contribution >= 0.6 is 11.6 Å². The number of rotatable bonds is 3. The molecule has 0 radical (unpaired) electrons. The molecule has 0 bridgehead atoms. The summed E-state index contributed by atoms with van der Waals surface area (Å²) in [6.07, 6.45) is 0. The molecule has 0 saturated carbocycles. The predicted octanol–water partition coefficient (Wildman–Crippen LogP) is 2.60. The van der Waals surface area contributed by atoms with E-state index in [1.54, 1.807) is 18.2 Å². The van der Waals surface area contributed by atoms with Crippen molar-refractivity contribution in [1.82, 2.24) is 9.97 Å². The number of nitrogen functional groups attached to an aromatic ring is 1. The monoisotopic (exact) mass is 249 g/mol. The smallest absolute Gasteiger partial charge is 0.167 e. The zero-order valence-corrected chi connectivity index (χ0v) is 10.1. The van der Waals surface area contributed by atoms with Crippen LogP contribution < -0.4 is 10.5 Å². The van der Waals surface area contributed by atoms with Crippen molar-refractivity contribution < 1.29 is 4.74 Å². The molecule has 0 amide bonds. The molecule has 2 aromatic rings. The van der Waals surface area contributed by atoms with Crippen molar-refractivity contribution in [1.29, 1.82) is 0 Å². The number of anilines is 1. The van der Waals surface area contributed by atoms with Gasteiger partial charge in [-0.25, -0.2) is 9.97 Å². The van der Waals surface area contributed by atoms with Gasteiger partial charge in [0.15, 0.2) is 5.82 Å². The van der Waals surface area contributed by atoms with E-state index in [9.17, 15) is 0 Å². The van der Waals surface area contributed by atoms with E-state index in [0.717, 1.165) is 5.69 Å². The highest BCUT2D eigenvalue weighted by molar-refractivity contribution is 6.29. The molecule has 0 aliphatic carbocycles. The van der Waals surface area contributed by atoms with E-state index >= 15 is 0 Å². The minimum Gasteiger partial charge on any atom is -0.483 e. The number of benzene rings is 1. The Balaban J connectivity index is 2.10. The first kappa shape index (κ1) is 11.7. The fourth-order valence-electron chi connectivity index (χ4n) is 1.41. The summed E-state index contributed by atoms with van der Waals surface area (Å²) in [5, 5.41) is 0.414. The van der Waals surface area contributed by atoms with Crippen LogP contribution in [0.2, 0.25) is 5.15 Å². The highest BCUT2D eigenvalue weighted by atomic mass is 35.5. The molecule has 1 aromatic heterocycles. The lowest BCUT2D eigenvalue weighted by Crippen LogP contribution is -2.04. The second kappa shape index (κ2) is 5.01. The van der Waals surface area contributed by atoms with Crippen molar-refractivity contribution in [2.75, 3.05) is 5.73 Å². The lowest BCUT2D eigenvalue weighted by atomic mass is 10.3. The summed E-state index contributed by atoms with van der Waals surface area (Å²) >= 11 is 5.83. The summed E-state index contributed by atoms with van der Waals surface area (Å²) in [6, 6.07) is 8.98. The molecule has 0 fully saturated rings. The molecule has 0 spiro atoms. The van der Waals surface area contributed by atoms with Crippen LogP contribution in [0.3, 0.4) is 0 Å². The zero-order valence-electron chi connectivity index (χ0n) is 9.35. The molecule has 0 aliphatic heterocycles. The summed E-state index contributed by atoms with van der Waals surface area (Å²) < 4.78 is 5.52. The van der Waals surface area contributed by atoms with Gasteiger partial charge in [-0.05, 0) is 25.1 Å². The van der Waals surface area contributed by atoms with Crippen molar-refractivity contribution >= 4 is 17.3 Å². The lowest BCUT2D eigenvalue weighted by molar-refractivity contribution is 0.297. The molecule has 0 aliphatic rings. The van der Waals surface area contributed by atoms with Gasteiger partial charge in [0.25, 0.3) is 0 Å². The molecule has 2 N–H and O–H groups in total. The lowest BCUT2D eigenvalue weighted by Gasteiger charge is -2.08. The molecule has 17 heavy (non-hydrogen) atoms. The summed E-state index contributed by atoms with van der Waals surface area (Å²) in [7, 11) is 0. The minimum atomic E-state index is 0.246. The van der Waals surface area contributed by atoms with Gasteiger partial charge in [0.1, 0.15) is 17.5 Å². The van der Waals surface area contributed by atoms with Gasteiger partial charge in [-0.3, -0.25) is 0 Å². The Kier molecular flexibility index (Phi) is 3.44. The highest BCUT2D eigenvalue weighted by Crippen LogP contribution is 2.20. The maximum Gasteiger partial charge on any atom is 0.167 e. The Morgan fingerprint density at radius 1 is 1.29 bits per heavy atom. The number of nitrogens with two attached hydrogens (primary N) is 1. The topological polar surface area (TPSA) is 61.0 Å². The first-order chi connectivity index (χ1) is 8.15. The standard InChI is InChI=1S/C12H12ClN3O/c1-8-6-11(13)16-12(15-8)7-17-10-5-3-2-4-9(10)14/h2-6H,7,14H2,1H3. The van der Waals surface area contributed by atoms with Crippen molar-refractivity contribution in [3.63, 3.8) is 0 Å². The molecule has 88 valence electrons. The largest absolute Gasteiger partial charge is 0.483 e. The number of halogens is 1. The van der Waals surface area contributed by atoms with Gasteiger partial charge in [0.05, 0.1) is 5.69 Å². The average molecular weight is 250 g/mol. The van der Waals surface area contributed by atoms with E-state index in [2.05, 4.69) is 9.97 Å². The summed E-state index contributed by atoms with van der Waals surface area (Å²) in [4.78, 5) is 8.28. The number of aromatic nitrogens is 2. The molecule has 0 unspecified atom stereocenters. The molecular weight excluding hydrogens is 238 g/mol. The summed E-state index contributed by atoms with van der Waals surface area (Å²) in [6.45, 7) is 2.10. The predicted molar refractivity (Wildman–Crippen MR) is 67.0 cm³/mol. The Morgan fingerprint density at radius 2 is 2.06 bits per heavy atom. The fraction of sp³-hybridized carbons (Fsp3) is 0.167. The zero-order chi connectivity index (χ0) is 12.3. The van der Waals surface area contributed by atoms with Crippen LogP contribution in [0, 0.1) is 6.92 Å². The van der Waals surface area contributed by atoms with Gasteiger partial charge in [0, 0.05) is 5.69 Å².